The zero-order valence-corrected chi connectivity index (χ0v) is 18.3. The number of halogens is 1. The summed E-state index contributed by atoms with van der Waals surface area (Å²) in [5.41, 5.74) is 1.42. The van der Waals surface area contributed by atoms with Crippen molar-refractivity contribution in [2.45, 2.75) is 18.9 Å². The van der Waals surface area contributed by atoms with Crippen LogP contribution in [-0.2, 0) is 11.3 Å². The number of aromatic nitrogens is 1. The van der Waals surface area contributed by atoms with Crippen LogP contribution >= 0.6 is 0 Å². The quantitative estimate of drug-likeness (QED) is 0.231. The molecule has 10 heteroatoms. The van der Waals surface area contributed by atoms with E-state index in [0.717, 1.165) is 16.7 Å². The van der Waals surface area contributed by atoms with Crippen molar-refractivity contribution < 1.29 is 48.9 Å². The van der Waals surface area contributed by atoms with Crippen molar-refractivity contribution in [2.75, 3.05) is 59.5 Å². The summed E-state index contributed by atoms with van der Waals surface area (Å²) in [4.78, 5) is 24.5. The van der Waals surface area contributed by atoms with Gasteiger partial charge in [0.05, 0.1) is 32.4 Å². The molecule has 0 aromatic carbocycles. The minimum Gasteiger partial charge on any atom is -1.00 e. The number of methoxy groups -OCH3 is 1. The molecule has 0 radical (unpaired) electrons. The molecular formula is C18H30IN5O4. The van der Waals surface area contributed by atoms with Gasteiger partial charge in [0.15, 0.2) is 6.17 Å². The molecule has 4 fully saturated rings. The van der Waals surface area contributed by atoms with Crippen LogP contribution in [0.25, 0.3) is 0 Å². The van der Waals surface area contributed by atoms with Crippen LogP contribution in [0, 0.1) is 0 Å². The van der Waals surface area contributed by atoms with Crippen molar-refractivity contribution in [3.8, 4) is 0 Å². The molecule has 4 aliphatic rings. The smallest absolute Gasteiger partial charge is 0.356 e. The zero-order valence-electron chi connectivity index (χ0n) is 16.2. The summed E-state index contributed by atoms with van der Waals surface area (Å²) in [6.07, 6.45) is 1.11. The van der Waals surface area contributed by atoms with Crippen LogP contribution in [0.2, 0.25) is 0 Å². The maximum atomic E-state index is 11.8. The Balaban J connectivity index is 0.000000934. The molecule has 4 N–H and O–H groups in total. The van der Waals surface area contributed by atoms with Gasteiger partial charge in [-0.05, 0) is 12.1 Å². The van der Waals surface area contributed by atoms with E-state index in [1.807, 2.05) is 6.07 Å². The highest BCUT2D eigenvalue weighted by molar-refractivity contribution is 5.87. The first-order chi connectivity index (χ1) is 12.2. The predicted octanol–water partition coefficient (Wildman–Crippen LogP) is -4.85. The van der Waals surface area contributed by atoms with Gasteiger partial charge in [-0.2, -0.15) is 0 Å². The van der Waals surface area contributed by atoms with Gasteiger partial charge in [0.2, 0.25) is 0 Å². The van der Waals surface area contributed by atoms with Gasteiger partial charge in [-0.1, -0.05) is 6.07 Å². The van der Waals surface area contributed by atoms with E-state index in [4.69, 9.17) is 4.74 Å². The van der Waals surface area contributed by atoms with Gasteiger partial charge in [-0.15, -0.1) is 0 Å². The van der Waals surface area contributed by atoms with E-state index < -0.39 is 0 Å². The van der Waals surface area contributed by atoms with Gasteiger partial charge < -0.3 is 39.7 Å². The second kappa shape index (κ2) is 8.86. The SMILES string of the molecule is COC(=O)c1cccc(C[N@@+]23CCN4CCN5CCN(CC2)[C@@H]3[C@H]54)n1.O.O.[I-]. The van der Waals surface area contributed by atoms with Crippen LogP contribution in [-0.4, -0.2) is 113 Å². The zero-order chi connectivity index (χ0) is 17.0. The van der Waals surface area contributed by atoms with Crippen molar-refractivity contribution in [2.24, 2.45) is 0 Å². The lowest BCUT2D eigenvalue weighted by Gasteiger charge is -2.53. The molecular weight excluding hydrogens is 477 g/mol. The molecule has 4 saturated heterocycles. The summed E-state index contributed by atoms with van der Waals surface area (Å²) in [5.74, 6) is -0.352. The van der Waals surface area contributed by atoms with Gasteiger partial charge in [0.1, 0.15) is 18.4 Å². The Kier molecular flexibility index (Phi) is 7.40. The van der Waals surface area contributed by atoms with Crippen molar-refractivity contribution in [3.05, 3.63) is 29.6 Å². The molecule has 0 spiro atoms. The van der Waals surface area contributed by atoms with Gasteiger partial charge in [-0.3, -0.25) is 14.3 Å². The number of hydrogen-bond donors (Lipinski definition) is 0. The molecule has 0 unspecified atom stereocenters. The largest absolute Gasteiger partial charge is 1.00 e. The minimum absolute atomic E-state index is 0. The van der Waals surface area contributed by atoms with E-state index >= 15 is 0 Å². The fourth-order valence-electron chi connectivity index (χ4n) is 5.46. The van der Waals surface area contributed by atoms with Crippen LogP contribution in [0.3, 0.4) is 0 Å². The molecule has 1 aromatic heterocycles. The minimum atomic E-state index is -0.352. The van der Waals surface area contributed by atoms with Crippen molar-refractivity contribution in [3.63, 3.8) is 0 Å². The number of ether oxygens (including phenoxy) is 1. The van der Waals surface area contributed by atoms with Gasteiger partial charge in [0.25, 0.3) is 0 Å². The summed E-state index contributed by atoms with van der Waals surface area (Å²) in [7, 11) is 1.41. The van der Waals surface area contributed by atoms with Crippen LogP contribution in [0.15, 0.2) is 18.2 Å². The predicted molar refractivity (Wildman–Crippen MR) is 98.8 cm³/mol. The van der Waals surface area contributed by atoms with Gasteiger partial charge >= 0.3 is 5.97 Å². The molecule has 158 valence electrons. The fourth-order valence-corrected chi connectivity index (χ4v) is 5.46. The van der Waals surface area contributed by atoms with E-state index in [-0.39, 0.29) is 40.9 Å². The number of esters is 1. The summed E-state index contributed by atoms with van der Waals surface area (Å²) < 4.78 is 5.93. The third-order valence-electron chi connectivity index (χ3n) is 6.64. The number of pyridine rings is 1. The second-order valence-corrected chi connectivity index (χ2v) is 7.76. The third-order valence-corrected chi connectivity index (χ3v) is 6.64. The Hall–Kier alpha value is -0.890. The maximum absolute atomic E-state index is 11.8. The average molecular weight is 507 g/mol. The highest BCUT2D eigenvalue weighted by Crippen LogP contribution is 2.39. The van der Waals surface area contributed by atoms with Gasteiger partial charge in [-0.25, -0.2) is 14.7 Å². The van der Waals surface area contributed by atoms with Crippen LogP contribution in [0.1, 0.15) is 16.2 Å². The number of nitrogens with zero attached hydrogens (tertiary/aromatic N) is 5. The van der Waals surface area contributed by atoms with E-state index in [9.17, 15) is 4.79 Å². The molecule has 3 atom stereocenters. The number of carbonyl (C=O) groups is 1. The van der Waals surface area contributed by atoms with Crippen molar-refractivity contribution in [1.29, 1.82) is 0 Å². The Labute approximate surface area is 182 Å². The molecule has 5 rings (SSSR count). The molecule has 4 aliphatic heterocycles. The normalized spacial score (nSPS) is 31.2. The first-order valence-electron chi connectivity index (χ1n) is 9.32. The van der Waals surface area contributed by atoms with E-state index in [2.05, 4.69) is 25.8 Å². The highest BCUT2D eigenvalue weighted by atomic mass is 127. The number of hydrogen-bond acceptors (Lipinski definition) is 6. The lowest BCUT2D eigenvalue weighted by Crippen LogP contribution is -3.00. The third kappa shape index (κ3) is 3.55. The number of quaternary nitrogens is 1. The first-order valence-corrected chi connectivity index (χ1v) is 9.32. The number of rotatable bonds is 3. The lowest BCUT2D eigenvalue weighted by molar-refractivity contribution is -0.966. The summed E-state index contributed by atoms with van der Waals surface area (Å²) in [6.45, 7) is 10.4. The van der Waals surface area contributed by atoms with Crippen LogP contribution < -0.4 is 24.0 Å². The molecule has 0 amide bonds. The number of piperazine rings is 2. The maximum Gasteiger partial charge on any atom is 0.356 e. The molecule has 5 heterocycles. The van der Waals surface area contributed by atoms with Crippen molar-refractivity contribution in [1.82, 2.24) is 19.7 Å². The Morgan fingerprint density at radius 2 is 1.68 bits per heavy atom. The van der Waals surface area contributed by atoms with Crippen LogP contribution in [0.5, 0.6) is 0 Å². The Morgan fingerprint density at radius 1 is 1.07 bits per heavy atom. The summed E-state index contributed by atoms with van der Waals surface area (Å²) in [6, 6.07) is 5.73. The standard InChI is InChI=1S/C18H26N5O2.HI.2H2O/c1-25-18(24)15-4-2-3-14(19-15)13-23-11-9-21-6-5-20-7-8-22(10-12-23)17(23)16(20)21;;;/h2-4,16-17H,5-13H2,1H3;1H;2*1H2/q+1;;;/p-1/t16-,17+,23-;;;/m1.../s1. The summed E-state index contributed by atoms with van der Waals surface area (Å²) >= 11 is 0. The second-order valence-electron chi connectivity index (χ2n) is 7.76. The number of carbonyl (C=O) groups excluding carboxylic acids is 1. The van der Waals surface area contributed by atoms with E-state index in [1.54, 1.807) is 6.07 Å². The highest BCUT2D eigenvalue weighted by Gasteiger charge is 2.60. The lowest BCUT2D eigenvalue weighted by atomic mass is 10.1. The average Bonchev–Trinajstić information content (AvgIpc) is 3.22. The molecule has 1 aromatic rings. The van der Waals surface area contributed by atoms with E-state index in [0.29, 0.717) is 18.0 Å². The molecule has 28 heavy (non-hydrogen) atoms. The Bertz CT molecular complexity index is 704. The topological polar surface area (TPSA) is 112 Å². The summed E-state index contributed by atoms with van der Waals surface area (Å²) in [5, 5.41) is 0. The molecule has 0 bridgehead atoms. The molecule has 0 aliphatic carbocycles. The van der Waals surface area contributed by atoms with Crippen molar-refractivity contribution >= 4 is 5.97 Å². The van der Waals surface area contributed by atoms with Gasteiger partial charge in [0, 0.05) is 32.7 Å². The Morgan fingerprint density at radius 3 is 2.36 bits per heavy atom. The monoisotopic (exact) mass is 507 g/mol. The first kappa shape index (κ1) is 23.4. The molecule has 9 nitrogen and oxygen atoms in total. The fraction of sp³-hybridized carbons (Fsp3) is 0.667. The molecule has 0 saturated carbocycles. The van der Waals surface area contributed by atoms with Crippen LogP contribution in [0.4, 0.5) is 0 Å². The van der Waals surface area contributed by atoms with E-state index in [1.165, 1.54) is 59.5 Å².